The minimum Gasteiger partial charge on any atom is -0.356 e. The van der Waals surface area contributed by atoms with Gasteiger partial charge in [0.05, 0.1) is 0 Å². The quantitative estimate of drug-likeness (QED) is 0.798. The van der Waals surface area contributed by atoms with Crippen molar-refractivity contribution in [1.82, 2.24) is 9.97 Å². The maximum Gasteiger partial charge on any atom is 0.132 e. The molecule has 1 fully saturated rings. The molecule has 0 spiro atoms. The molecule has 0 bridgehead atoms. The van der Waals surface area contributed by atoms with Crippen LogP contribution in [-0.4, -0.2) is 27.9 Å². The normalized spacial score (nSPS) is 18.9. The van der Waals surface area contributed by atoms with E-state index in [2.05, 4.69) is 50.7 Å². The average molecular weight is 312 g/mol. The van der Waals surface area contributed by atoms with Crippen LogP contribution in [0.3, 0.4) is 0 Å². The highest BCUT2D eigenvalue weighted by Gasteiger charge is 2.23. The fraction of sp³-hybridized carbons (Fsp3) is 0.714. The van der Waals surface area contributed by atoms with Gasteiger partial charge in [0.25, 0.3) is 0 Å². The Balaban J connectivity index is 1.98. The molecule has 1 unspecified atom stereocenters. The van der Waals surface area contributed by atoms with Gasteiger partial charge in [-0.3, -0.25) is 0 Å². The molecule has 1 saturated heterocycles. The van der Waals surface area contributed by atoms with Crippen LogP contribution in [0.2, 0.25) is 0 Å². The van der Waals surface area contributed by atoms with Crippen LogP contribution in [0.4, 0.5) is 5.82 Å². The van der Waals surface area contributed by atoms with Crippen LogP contribution >= 0.6 is 15.9 Å². The Morgan fingerprint density at radius 3 is 2.72 bits per heavy atom. The van der Waals surface area contributed by atoms with Gasteiger partial charge >= 0.3 is 0 Å². The molecular formula is C14H22BrN3. The van der Waals surface area contributed by atoms with Crippen molar-refractivity contribution in [3.63, 3.8) is 0 Å². The van der Waals surface area contributed by atoms with E-state index in [-0.39, 0.29) is 0 Å². The third-order valence-corrected chi connectivity index (χ3v) is 4.48. The number of hydrogen-bond donors (Lipinski definition) is 0. The zero-order valence-corrected chi connectivity index (χ0v) is 12.9. The third kappa shape index (κ3) is 3.44. The second-order valence-electron chi connectivity index (χ2n) is 5.12. The summed E-state index contributed by atoms with van der Waals surface area (Å²) in [6.07, 6.45) is 6.39. The predicted octanol–water partition coefficient (Wildman–Crippen LogP) is 3.43. The summed E-state index contributed by atoms with van der Waals surface area (Å²) in [7, 11) is 0. The van der Waals surface area contributed by atoms with E-state index in [0.717, 1.165) is 37.7 Å². The molecule has 0 saturated carbocycles. The average Bonchev–Trinajstić information content (AvgIpc) is 2.39. The van der Waals surface area contributed by atoms with Crippen LogP contribution in [0.25, 0.3) is 0 Å². The van der Waals surface area contributed by atoms with E-state index in [1.165, 1.54) is 18.5 Å². The lowest BCUT2D eigenvalue weighted by molar-refractivity contribution is 0.405. The largest absolute Gasteiger partial charge is 0.356 e. The van der Waals surface area contributed by atoms with Crippen LogP contribution in [0.15, 0.2) is 12.4 Å². The monoisotopic (exact) mass is 311 g/mol. The zero-order chi connectivity index (χ0) is 13.0. The van der Waals surface area contributed by atoms with Crippen molar-refractivity contribution in [2.45, 2.75) is 44.4 Å². The molecule has 1 aromatic heterocycles. The van der Waals surface area contributed by atoms with E-state index in [1.807, 2.05) is 0 Å². The molecule has 2 rings (SSSR count). The van der Waals surface area contributed by atoms with Gasteiger partial charge in [-0.1, -0.05) is 36.2 Å². The van der Waals surface area contributed by atoms with Crippen molar-refractivity contribution in [1.29, 1.82) is 0 Å². The molecule has 0 aliphatic carbocycles. The van der Waals surface area contributed by atoms with Gasteiger partial charge in [0, 0.05) is 29.7 Å². The van der Waals surface area contributed by atoms with Crippen molar-refractivity contribution in [3.8, 4) is 0 Å². The maximum absolute atomic E-state index is 4.42. The van der Waals surface area contributed by atoms with E-state index >= 15 is 0 Å². The Bertz CT molecular complexity index is 373. The van der Waals surface area contributed by atoms with Gasteiger partial charge in [0.15, 0.2) is 0 Å². The highest BCUT2D eigenvalue weighted by Crippen LogP contribution is 2.27. The minimum absolute atomic E-state index is 0.626. The predicted molar refractivity (Wildman–Crippen MR) is 79.4 cm³/mol. The Labute approximate surface area is 118 Å². The van der Waals surface area contributed by atoms with E-state index < -0.39 is 0 Å². The molecule has 1 aliphatic heterocycles. The summed E-state index contributed by atoms with van der Waals surface area (Å²) in [5, 5.41) is 0. The molecule has 0 N–H and O–H groups in total. The standard InChI is InChI=1S/C14H22BrN3/c1-3-4-13-9-14(17-10-16-13)18-7-5-12(6-8-18)11(2)15/h9-12H,3-8H2,1-2H3. The van der Waals surface area contributed by atoms with Crippen LogP contribution in [-0.2, 0) is 6.42 Å². The SMILES string of the molecule is CCCc1cc(N2CCC(C(C)Br)CC2)ncn1. The second kappa shape index (κ2) is 6.50. The van der Waals surface area contributed by atoms with E-state index in [9.17, 15) is 0 Å². The molecule has 0 amide bonds. The maximum atomic E-state index is 4.42. The van der Waals surface area contributed by atoms with Crippen LogP contribution in [0.1, 0.15) is 38.8 Å². The lowest BCUT2D eigenvalue weighted by Crippen LogP contribution is -2.36. The third-order valence-electron chi connectivity index (χ3n) is 3.73. The van der Waals surface area contributed by atoms with Crippen molar-refractivity contribution >= 4 is 21.7 Å². The van der Waals surface area contributed by atoms with E-state index in [4.69, 9.17) is 0 Å². The first-order valence-electron chi connectivity index (χ1n) is 6.90. The van der Waals surface area contributed by atoms with E-state index in [0.29, 0.717) is 4.83 Å². The highest BCUT2D eigenvalue weighted by molar-refractivity contribution is 9.09. The van der Waals surface area contributed by atoms with Crippen molar-refractivity contribution in [2.24, 2.45) is 5.92 Å². The van der Waals surface area contributed by atoms with Gasteiger partial charge in [-0.05, 0) is 25.2 Å². The lowest BCUT2D eigenvalue weighted by atomic mass is 9.94. The van der Waals surface area contributed by atoms with E-state index in [1.54, 1.807) is 6.33 Å². The summed E-state index contributed by atoms with van der Waals surface area (Å²) in [5.41, 5.74) is 1.17. The van der Waals surface area contributed by atoms with Gasteiger partial charge < -0.3 is 4.90 Å². The molecular weight excluding hydrogens is 290 g/mol. The van der Waals surface area contributed by atoms with Crippen molar-refractivity contribution in [3.05, 3.63) is 18.1 Å². The summed E-state index contributed by atoms with van der Waals surface area (Å²) in [5.74, 6) is 1.91. The minimum atomic E-state index is 0.626. The summed E-state index contributed by atoms with van der Waals surface area (Å²) in [6.45, 7) is 6.67. The number of alkyl halides is 1. The topological polar surface area (TPSA) is 29.0 Å². The first-order valence-corrected chi connectivity index (χ1v) is 7.82. The Kier molecular flexibility index (Phi) is 4.98. The first-order chi connectivity index (χ1) is 8.70. The Hall–Kier alpha value is -0.640. The summed E-state index contributed by atoms with van der Waals surface area (Å²) >= 11 is 3.70. The first kappa shape index (κ1) is 13.8. The number of nitrogens with zero attached hydrogens (tertiary/aromatic N) is 3. The zero-order valence-electron chi connectivity index (χ0n) is 11.3. The van der Waals surface area contributed by atoms with Crippen molar-refractivity contribution in [2.75, 3.05) is 18.0 Å². The van der Waals surface area contributed by atoms with Gasteiger partial charge in [-0.15, -0.1) is 0 Å². The number of piperidine rings is 1. The molecule has 2 heterocycles. The van der Waals surface area contributed by atoms with Crippen LogP contribution in [0.5, 0.6) is 0 Å². The summed E-state index contributed by atoms with van der Waals surface area (Å²) in [4.78, 5) is 11.8. The number of halogens is 1. The Morgan fingerprint density at radius 1 is 1.39 bits per heavy atom. The molecule has 4 heteroatoms. The van der Waals surface area contributed by atoms with Gasteiger partial charge in [-0.25, -0.2) is 9.97 Å². The van der Waals surface area contributed by atoms with Crippen molar-refractivity contribution < 1.29 is 0 Å². The van der Waals surface area contributed by atoms with Gasteiger partial charge in [0.1, 0.15) is 12.1 Å². The fourth-order valence-corrected chi connectivity index (χ4v) is 3.07. The Morgan fingerprint density at radius 2 is 2.11 bits per heavy atom. The highest BCUT2D eigenvalue weighted by atomic mass is 79.9. The molecule has 0 radical (unpaired) electrons. The number of anilines is 1. The number of hydrogen-bond acceptors (Lipinski definition) is 3. The van der Waals surface area contributed by atoms with Gasteiger partial charge in [0.2, 0.25) is 0 Å². The number of aryl methyl sites for hydroxylation is 1. The molecule has 1 aromatic rings. The smallest absolute Gasteiger partial charge is 0.132 e. The summed E-state index contributed by atoms with van der Waals surface area (Å²) < 4.78 is 0. The molecule has 1 aliphatic rings. The molecule has 1 atom stereocenters. The fourth-order valence-electron chi connectivity index (χ4n) is 2.54. The molecule has 18 heavy (non-hydrogen) atoms. The summed E-state index contributed by atoms with van der Waals surface area (Å²) in [6, 6.07) is 2.15. The van der Waals surface area contributed by atoms with Crippen LogP contribution < -0.4 is 4.90 Å². The van der Waals surface area contributed by atoms with Gasteiger partial charge in [-0.2, -0.15) is 0 Å². The number of aromatic nitrogens is 2. The second-order valence-corrected chi connectivity index (χ2v) is 6.56. The lowest BCUT2D eigenvalue weighted by Gasteiger charge is -2.34. The van der Waals surface area contributed by atoms with Crippen LogP contribution in [0, 0.1) is 5.92 Å². The number of rotatable bonds is 4. The molecule has 0 aromatic carbocycles. The molecule has 100 valence electrons. The molecule has 3 nitrogen and oxygen atoms in total.